The monoisotopic (exact) mass is 338 g/mol. The number of benzene rings is 1. The molecule has 1 amide bonds. The number of aromatic nitrogens is 1. The van der Waals surface area contributed by atoms with Gasteiger partial charge in [0.1, 0.15) is 12.1 Å². The predicted octanol–water partition coefficient (Wildman–Crippen LogP) is 2.75. The molecule has 0 saturated carbocycles. The molecule has 130 valence electrons. The summed E-state index contributed by atoms with van der Waals surface area (Å²) < 4.78 is 5.61. The number of likely N-dealkylation sites (tertiary alicyclic amines) is 1. The zero-order valence-electron chi connectivity index (χ0n) is 14.4. The van der Waals surface area contributed by atoms with E-state index in [0.29, 0.717) is 19.4 Å². The molecule has 1 aromatic carbocycles. The third-order valence-corrected chi connectivity index (χ3v) is 4.71. The lowest BCUT2D eigenvalue weighted by molar-refractivity contribution is -0.162. The van der Waals surface area contributed by atoms with Crippen molar-refractivity contribution >= 4 is 11.9 Å². The topological polar surface area (TPSA) is 59.5 Å². The predicted molar refractivity (Wildman–Crippen MR) is 93.5 cm³/mol. The lowest BCUT2D eigenvalue weighted by Crippen LogP contribution is -2.54. The highest BCUT2D eigenvalue weighted by Gasteiger charge is 2.50. The SMILES string of the molecule is CC(=O)N1CCCC1(Cc1ccccc1)C(=O)OCc1ccncc1. The quantitative estimate of drug-likeness (QED) is 0.787. The zero-order valence-corrected chi connectivity index (χ0v) is 14.4. The Morgan fingerprint density at radius 1 is 1.12 bits per heavy atom. The Hall–Kier alpha value is -2.69. The molecular weight excluding hydrogens is 316 g/mol. The third-order valence-electron chi connectivity index (χ3n) is 4.71. The van der Waals surface area contributed by atoms with Crippen molar-refractivity contribution in [1.82, 2.24) is 9.88 Å². The van der Waals surface area contributed by atoms with E-state index < -0.39 is 5.54 Å². The lowest BCUT2D eigenvalue weighted by atomic mass is 9.88. The number of hydrogen-bond donors (Lipinski definition) is 0. The molecule has 0 spiro atoms. The summed E-state index contributed by atoms with van der Waals surface area (Å²) in [5.74, 6) is -0.421. The molecule has 3 rings (SSSR count). The van der Waals surface area contributed by atoms with Gasteiger partial charge in [-0.3, -0.25) is 9.78 Å². The molecule has 5 heteroatoms. The van der Waals surface area contributed by atoms with Gasteiger partial charge in [0.2, 0.25) is 5.91 Å². The van der Waals surface area contributed by atoms with Crippen molar-refractivity contribution in [3.8, 4) is 0 Å². The van der Waals surface area contributed by atoms with E-state index in [0.717, 1.165) is 17.5 Å². The van der Waals surface area contributed by atoms with Crippen molar-refractivity contribution in [2.24, 2.45) is 0 Å². The molecule has 5 nitrogen and oxygen atoms in total. The zero-order chi connectivity index (χ0) is 17.7. The van der Waals surface area contributed by atoms with Crippen molar-refractivity contribution < 1.29 is 14.3 Å². The van der Waals surface area contributed by atoms with Gasteiger partial charge in [0, 0.05) is 32.3 Å². The van der Waals surface area contributed by atoms with E-state index in [1.807, 2.05) is 42.5 Å². The van der Waals surface area contributed by atoms with Crippen LogP contribution in [0.5, 0.6) is 0 Å². The number of rotatable bonds is 5. The highest BCUT2D eigenvalue weighted by molar-refractivity contribution is 5.88. The second kappa shape index (κ2) is 7.47. The summed E-state index contributed by atoms with van der Waals surface area (Å²) in [5, 5.41) is 0. The molecule has 1 fully saturated rings. The summed E-state index contributed by atoms with van der Waals surface area (Å²) in [6, 6.07) is 13.4. The summed E-state index contributed by atoms with van der Waals surface area (Å²) in [6.07, 6.45) is 5.23. The van der Waals surface area contributed by atoms with Crippen LogP contribution in [0.3, 0.4) is 0 Å². The van der Waals surface area contributed by atoms with Gasteiger partial charge in [-0.05, 0) is 36.1 Å². The van der Waals surface area contributed by atoms with Crippen molar-refractivity contribution in [1.29, 1.82) is 0 Å². The highest BCUT2D eigenvalue weighted by Crippen LogP contribution is 2.34. The van der Waals surface area contributed by atoms with Crippen molar-refractivity contribution in [2.75, 3.05) is 6.54 Å². The Morgan fingerprint density at radius 3 is 2.52 bits per heavy atom. The highest BCUT2D eigenvalue weighted by atomic mass is 16.5. The fourth-order valence-electron chi connectivity index (χ4n) is 3.50. The molecule has 0 N–H and O–H groups in total. The normalized spacial score (nSPS) is 19.6. The second-order valence-corrected chi connectivity index (χ2v) is 6.40. The summed E-state index contributed by atoms with van der Waals surface area (Å²) in [4.78, 5) is 30.8. The first-order valence-corrected chi connectivity index (χ1v) is 8.50. The fraction of sp³-hybridized carbons (Fsp3) is 0.350. The average molecular weight is 338 g/mol. The van der Waals surface area contributed by atoms with Crippen LogP contribution in [0.2, 0.25) is 0 Å². The van der Waals surface area contributed by atoms with Crippen LogP contribution in [-0.2, 0) is 27.4 Å². The molecule has 0 aliphatic carbocycles. The number of nitrogens with zero attached hydrogens (tertiary/aromatic N) is 2. The maximum atomic E-state index is 13.0. The van der Waals surface area contributed by atoms with Gasteiger partial charge < -0.3 is 9.64 Å². The Bertz CT molecular complexity index is 733. The number of hydrogen-bond acceptors (Lipinski definition) is 4. The van der Waals surface area contributed by atoms with Crippen LogP contribution in [0.25, 0.3) is 0 Å². The minimum Gasteiger partial charge on any atom is -0.459 e. The van der Waals surface area contributed by atoms with Gasteiger partial charge >= 0.3 is 5.97 Å². The smallest absolute Gasteiger partial charge is 0.332 e. The van der Waals surface area contributed by atoms with Crippen LogP contribution in [0.4, 0.5) is 0 Å². The van der Waals surface area contributed by atoms with Crippen LogP contribution < -0.4 is 0 Å². The minimum atomic E-state index is -0.916. The van der Waals surface area contributed by atoms with E-state index in [4.69, 9.17) is 4.74 Å². The maximum absolute atomic E-state index is 13.0. The molecule has 1 unspecified atom stereocenters. The molecule has 1 atom stereocenters. The van der Waals surface area contributed by atoms with E-state index in [2.05, 4.69) is 4.98 Å². The minimum absolute atomic E-state index is 0.0886. The molecule has 1 aromatic heterocycles. The largest absolute Gasteiger partial charge is 0.459 e. The fourth-order valence-corrected chi connectivity index (χ4v) is 3.50. The number of pyridine rings is 1. The molecule has 25 heavy (non-hydrogen) atoms. The first-order valence-electron chi connectivity index (χ1n) is 8.50. The van der Waals surface area contributed by atoms with Gasteiger partial charge in [0.15, 0.2) is 0 Å². The van der Waals surface area contributed by atoms with E-state index in [-0.39, 0.29) is 18.5 Å². The Morgan fingerprint density at radius 2 is 1.84 bits per heavy atom. The number of carbonyl (C=O) groups is 2. The molecular formula is C20H22N2O3. The van der Waals surface area contributed by atoms with Gasteiger partial charge in [-0.25, -0.2) is 4.79 Å². The van der Waals surface area contributed by atoms with Gasteiger partial charge in [-0.1, -0.05) is 30.3 Å². The molecule has 0 bridgehead atoms. The van der Waals surface area contributed by atoms with E-state index >= 15 is 0 Å². The molecule has 1 aliphatic heterocycles. The van der Waals surface area contributed by atoms with E-state index in [1.54, 1.807) is 17.3 Å². The number of amides is 1. The van der Waals surface area contributed by atoms with Crippen molar-refractivity contribution in [3.63, 3.8) is 0 Å². The Kier molecular flexibility index (Phi) is 5.12. The second-order valence-electron chi connectivity index (χ2n) is 6.40. The number of esters is 1. The van der Waals surface area contributed by atoms with Crippen molar-refractivity contribution in [3.05, 3.63) is 66.0 Å². The van der Waals surface area contributed by atoms with Gasteiger partial charge in [0.05, 0.1) is 0 Å². The number of ether oxygens (including phenoxy) is 1. The lowest BCUT2D eigenvalue weighted by Gasteiger charge is -2.36. The summed E-state index contributed by atoms with van der Waals surface area (Å²) in [5.41, 5.74) is 0.988. The van der Waals surface area contributed by atoms with Gasteiger partial charge in [0.25, 0.3) is 0 Å². The standard InChI is InChI=1S/C20H22N2O3/c1-16(23)22-13-5-10-20(22,14-17-6-3-2-4-7-17)19(24)25-15-18-8-11-21-12-9-18/h2-4,6-9,11-12H,5,10,13-15H2,1H3. The molecule has 1 saturated heterocycles. The summed E-state index contributed by atoms with van der Waals surface area (Å²) >= 11 is 0. The number of carbonyl (C=O) groups excluding carboxylic acids is 2. The average Bonchev–Trinajstić information content (AvgIpc) is 3.06. The van der Waals surface area contributed by atoms with Crippen LogP contribution >= 0.6 is 0 Å². The first-order chi connectivity index (χ1) is 12.1. The summed E-state index contributed by atoms with van der Waals surface area (Å²) in [7, 11) is 0. The van der Waals surface area contributed by atoms with Crippen LogP contribution in [0.15, 0.2) is 54.9 Å². The van der Waals surface area contributed by atoms with E-state index in [9.17, 15) is 9.59 Å². The van der Waals surface area contributed by atoms with Crippen LogP contribution in [0, 0.1) is 0 Å². The van der Waals surface area contributed by atoms with E-state index in [1.165, 1.54) is 6.92 Å². The molecule has 0 radical (unpaired) electrons. The van der Waals surface area contributed by atoms with Crippen molar-refractivity contribution in [2.45, 2.75) is 38.3 Å². The Labute approximate surface area is 147 Å². The van der Waals surface area contributed by atoms with Crippen LogP contribution in [0.1, 0.15) is 30.9 Å². The molecule has 2 heterocycles. The first kappa shape index (κ1) is 17.1. The summed E-state index contributed by atoms with van der Waals surface area (Å²) in [6.45, 7) is 2.29. The third kappa shape index (κ3) is 3.71. The molecule has 1 aliphatic rings. The van der Waals surface area contributed by atoms with Gasteiger partial charge in [-0.2, -0.15) is 0 Å². The van der Waals surface area contributed by atoms with Gasteiger partial charge in [-0.15, -0.1) is 0 Å². The Balaban J connectivity index is 1.83. The van der Waals surface area contributed by atoms with Crippen LogP contribution in [-0.4, -0.2) is 33.8 Å². The molecule has 2 aromatic rings. The maximum Gasteiger partial charge on any atom is 0.332 e.